The van der Waals surface area contributed by atoms with Gasteiger partial charge in [0.05, 0.1) is 0 Å². The Kier molecular flexibility index (Phi) is 9.13. The van der Waals surface area contributed by atoms with Crippen LogP contribution in [0.15, 0.2) is 61.7 Å². The molecule has 10 heteroatoms. The molecule has 0 atom stereocenters. The largest absolute Gasteiger partial charge is 0.507 e. The number of unbranched alkanes of at least 4 members (excludes halogenated alkanes) is 1. The van der Waals surface area contributed by atoms with Crippen molar-refractivity contribution < 1.29 is 27.8 Å². The molecule has 3 rings (SSSR count). The van der Waals surface area contributed by atoms with E-state index in [0.717, 1.165) is 29.9 Å². The fourth-order valence-corrected chi connectivity index (χ4v) is 4.74. The van der Waals surface area contributed by atoms with Crippen molar-refractivity contribution in [3.05, 3.63) is 90.8 Å². The number of Topliss-reactive ketones (excluding diaryl/α,β-unsaturated/α-hetero) is 1. The molecule has 2 heterocycles. The average molecular weight is 566 g/mol. The second-order valence-electron chi connectivity index (χ2n) is 7.47. The maximum atomic E-state index is 13.4. The molecule has 0 bridgehead atoms. The molecule has 0 saturated carbocycles. The third kappa shape index (κ3) is 6.97. The van der Waals surface area contributed by atoms with Gasteiger partial charge in [0.15, 0.2) is 22.5 Å². The number of hydrogen-bond donors (Lipinski definition) is 2. The Balaban J connectivity index is 1.76. The van der Waals surface area contributed by atoms with Crippen LogP contribution in [0.1, 0.15) is 40.8 Å². The predicted molar refractivity (Wildman–Crippen MR) is 134 cm³/mol. The zero-order chi connectivity index (χ0) is 25.5. The van der Waals surface area contributed by atoms with Gasteiger partial charge in [0.2, 0.25) is 0 Å². The maximum absolute atomic E-state index is 13.4. The highest BCUT2D eigenvalue weighted by molar-refractivity contribution is 9.10. The van der Waals surface area contributed by atoms with Gasteiger partial charge in [-0.3, -0.25) is 4.79 Å². The minimum atomic E-state index is -1.03. The zero-order valence-electron chi connectivity index (χ0n) is 18.6. The van der Waals surface area contributed by atoms with Crippen molar-refractivity contribution >= 4 is 39.1 Å². The smallest absolute Gasteiger partial charge is 0.351 e. The molecule has 0 aliphatic heterocycles. The first kappa shape index (κ1) is 26.5. The number of aromatic hydroxyl groups is 1. The number of benzene rings is 1. The molecule has 0 aliphatic carbocycles. The first-order valence-electron chi connectivity index (χ1n) is 10.6. The number of nitrogens with two attached hydrogens (primary N) is 1. The number of rotatable bonds is 10. The zero-order valence-corrected chi connectivity index (χ0v) is 21.0. The number of carbonyl (C=O) groups excluding carboxylic acids is 1. The number of ketones is 1. The van der Waals surface area contributed by atoms with Crippen molar-refractivity contribution in [1.29, 1.82) is 0 Å². The number of halogens is 3. The molecular formula is C25H22BrF2NO5S. The number of hydrogen-bond acceptors (Lipinski definition) is 7. The van der Waals surface area contributed by atoms with Crippen LogP contribution < -0.4 is 16.1 Å². The van der Waals surface area contributed by atoms with Crippen LogP contribution in [0.2, 0.25) is 0 Å². The van der Waals surface area contributed by atoms with Crippen molar-refractivity contribution in [2.75, 3.05) is 6.54 Å². The Labute approximate surface area is 212 Å². The summed E-state index contributed by atoms with van der Waals surface area (Å²) in [6.45, 7) is 1.95. The van der Waals surface area contributed by atoms with E-state index in [2.05, 4.69) is 15.9 Å². The minimum Gasteiger partial charge on any atom is -0.507 e. The number of ether oxygens (including phenoxy) is 1. The van der Waals surface area contributed by atoms with E-state index in [-0.39, 0.29) is 17.1 Å². The predicted octanol–water partition coefficient (Wildman–Crippen LogP) is 6.36. The monoisotopic (exact) mass is 565 g/mol. The highest BCUT2D eigenvalue weighted by atomic mass is 79.9. The van der Waals surface area contributed by atoms with Gasteiger partial charge in [-0.15, -0.1) is 0 Å². The Morgan fingerprint density at radius 1 is 1.23 bits per heavy atom. The summed E-state index contributed by atoms with van der Waals surface area (Å²) in [6.07, 6.45) is 7.11. The van der Waals surface area contributed by atoms with Crippen molar-refractivity contribution in [3.8, 4) is 16.6 Å². The fraction of sp³-hybridized carbons (Fsp3) is 0.200. The van der Waals surface area contributed by atoms with Crippen molar-refractivity contribution in [3.63, 3.8) is 0 Å². The molecule has 0 unspecified atom stereocenters. The summed E-state index contributed by atoms with van der Waals surface area (Å²) in [4.78, 5) is 25.9. The van der Waals surface area contributed by atoms with E-state index in [1.54, 1.807) is 6.07 Å². The molecule has 35 heavy (non-hydrogen) atoms. The van der Waals surface area contributed by atoms with Crippen LogP contribution in [0.25, 0.3) is 6.08 Å². The molecule has 0 spiro atoms. The molecule has 0 saturated heterocycles. The fourth-order valence-electron chi connectivity index (χ4n) is 3.09. The van der Waals surface area contributed by atoms with E-state index >= 15 is 0 Å². The molecule has 1 aromatic carbocycles. The SMILES string of the molecule is C/C(=C\c1sc(Oc2ccc(F)c(F)c2)cc1Br)C(=O)c1c(O)cc(CCC/C=C/CN)oc1=O. The lowest BCUT2D eigenvalue weighted by molar-refractivity contribution is 0.102. The molecule has 0 aliphatic rings. The van der Waals surface area contributed by atoms with Crippen molar-refractivity contribution in [2.45, 2.75) is 26.2 Å². The van der Waals surface area contributed by atoms with Crippen molar-refractivity contribution in [2.24, 2.45) is 5.73 Å². The highest BCUT2D eigenvalue weighted by Gasteiger charge is 2.21. The standard InChI is InChI=1S/C25H22BrF2NO5S/c1-14(10-21-17(26)13-22(35-21)33-16-7-8-18(27)19(28)11-16)24(31)23-20(30)12-15(34-25(23)32)6-4-2-3-5-9-29/h3,5,7-8,10-13,30H,2,4,6,9,29H2,1H3/b5-3+,14-10+. The lowest BCUT2D eigenvalue weighted by atomic mass is 10.0. The van der Waals surface area contributed by atoms with Crippen LogP contribution in [-0.2, 0) is 6.42 Å². The summed E-state index contributed by atoms with van der Waals surface area (Å²) in [5.74, 6) is -2.75. The van der Waals surface area contributed by atoms with E-state index < -0.39 is 34.4 Å². The maximum Gasteiger partial charge on any atom is 0.351 e. The number of carbonyl (C=O) groups is 1. The van der Waals surface area contributed by atoms with E-state index in [1.807, 2.05) is 12.2 Å². The summed E-state index contributed by atoms with van der Waals surface area (Å²) < 4.78 is 37.9. The summed E-state index contributed by atoms with van der Waals surface area (Å²) in [5, 5.41) is 10.7. The van der Waals surface area contributed by atoms with Gasteiger partial charge in [0.1, 0.15) is 22.8 Å². The number of allylic oxidation sites excluding steroid dienone is 2. The summed E-state index contributed by atoms with van der Waals surface area (Å²) in [5.41, 5.74) is 4.19. The number of aryl methyl sites for hydroxylation is 1. The Hall–Kier alpha value is -3.08. The molecule has 3 aromatic rings. The van der Waals surface area contributed by atoms with E-state index in [1.165, 1.54) is 25.1 Å². The van der Waals surface area contributed by atoms with E-state index in [4.69, 9.17) is 14.9 Å². The van der Waals surface area contributed by atoms with Crippen LogP contribution in [-0.4, -0.2) is 17.4 Å². The lowest BCUT2D eigenvalue weighted by Gasteiger charge is -2.05. The minimum absolute atomic E-state index is 0.110. The van der Waals surface area contributed by atoms with Crippen molar-refractivity contribution in [1.82, 2.24) is 0 Å². The van der Waals surface area contributed by atoms with Gasteiger partial charge in [-0.05, 0) is 59.5 Å². The molecule has 6 nitrogen and oxygen atoms in total. The van der Waals surface area contributed by atoms with Crippen LogP contribution in [0, 0.1) is 11.6 Å². The molecular weight excluding hydrogens is 544 g/mol. The number of thiophene rings is 1. The molecule has 0 amide bonds. The Bertz CT molecular complexity index is 1350. The lowest BCUT2D eigenvalue weighted by Crippen LogP contribution is -2.16. The third-order valence-corrected chi connectivity index (χ3v) is 6.69. The van der Waals surface area contributed by atoms with Crippen LogP contribution in [0.3, 0.4) is 0 Å². The van der Waals surface area contributed by atoms with Crippen LogP contribution in [0.5, 0.6) is 16.6 Å². The van der Waals surface area contributed by atoms with E-state index in [0.29, 0.717) is 33.8 Å². The first-order chi connectivity index (χ1) is 16.7. The van der Waals surface area contributed by atoms with E-state index in [9.17, 15) is 23.5 Å². The third-order valence-electron chi connectivity index (χ3n) is 4.81. The first-order valence-corrected chi connectivity index (χ1v) is 12.2. The van der Waals surface area contributed by atoms with Crippen LogP contribution >= 0.6 is 27.3 Å². The molecule has 3 N–H and O–H groups in total. The Morgan fingerprint density at radius 2 is 2.00 bits per heavy atom. The molecule has 0 fully saturated rings. The van der Waals surface area contributed by atoms with Gasteiger partial charge < -0.3 is 20.0 Å². The topological polar surface area (TPSA) is 103 Å². The van der Waals surface area contributed by atoms with Gasteiger partial charge in [0, 0.05) is 40.5 Å². The van der Waals surface area contributed by atoms with Gasteiger partial charge in [-0.1, -0.05) is 23.5 Å². The average Bonchev–Trinajstić information content (AvgIpc) is 3.14. The summed E-state index contributed by atoms with van der Waals surface area (Å²) in [6, 6.07) is 6.07. The molecule has 184 valence electrons. The highest BCUT2D eigenvalue weighted by Crippen LogP contribution is 2.38. The second-order valence-corrected chi connectivity index (χ2v) is 9.37. The van der Waals surface area contributed by atoms with Gasteiger partial charge in [-0.25, -0.2) is 13.6 Å². The van der Waals surface area contributed by atoms with Gasteiger partial charge >= 0.3 is 5.63 Å². The quantitative estimate of drug-likeness (QED) is 0.128. The summed E-state index contributed by atoms with van der Waals surface area (Å²) in [7, 11) is 0. The second kappa shape index (κ2) is 12.1. The van der Waals surface area contributed by atoms with Crippen LogP contribution in [0.4, 0.5) is 8.78 Å². The van der Waals surface area contributed by atoms with Gasteiger partial charge in [-0.2, -0.15) is 0 Å². The summed E-state index contributed by atoms with van der Waals surface area (Å²) >= 11 is 4.51. The molecule has 0 radical (unpaired) electrons. The van der Waals surface area contributed by atoms with Gasteiger partial charge in [0.25, 0.3) is 0 Å². The normalized spacial score (nSPS) is 11.9. The Morgan fingerprint density at radius 3 is 2.69 bits per heavy atom. The molecule has 2 aromatic heterocycles.